The molecule has 3 rings (SSSR count). The lowest BCUT2D eigenvalue weighted by Crippen LogP contribution is -2.45. The summed E-state index contributed by atoms with van der Waals surface area (Å²) < 4.78 is 10.9. The Hall–Kier alpha value is -3.10. The minimum absolute atomic E-state index is 0.0441. The van der Waals surface area contributed by atoms with Gasteiger partial charge in [-0.1, -0.05) is 12.1 Å². The molecule has 2 amide bonds. The van der Waals surface area contributed by atoms with Crippen LogP contribution in [0.4, 0.5) is 11.4 Å². The van der Waals surface area contributed by atoms with Crippen molar-refractivity contribution in [2.24, 2.45) is 0 Å². The van der Waals surface area contributed by atoms with Gasteiger partial charge in [0.25, 0.3) is 0 Å². The Labute approximate surface area is 189 Å². The molecule has 0 aliphatic carbocycles. The van der Waals surface area contributed by atoms with Gasteiger partial charge >= 0.3 is 11.8 Å². The van der Waals surface area contributed by atoms with Gasteiger partial charge in [-0.05, 0) is 48.9 Å². The molecule has 32 heavy (non-hydrogen) atoms. The summed E-state index contributed by atoms with van der Waals surface area (Å²) in [6.07, 6.45) is 0. The SMILES string of the molecule is CCOc1ccc(NC(=O)C(=O)NC[C@H](c2ccc(N(C)C)cc2)N2CCOCC2)cc1. The van der Waals surface area contributed by atoms with Gasteiger partial charge in [-0.15, -0.1) is 0 Å². The Morgan fingerprint density at radius 1 is 1.03 bits per heavy atom. The van der Waals surface area contributed by atoms with Crippen LogP contribution in [0.5, 0.6) is 5.75 Å². The van der Waals surface area contributed by atoms with Crippen LogP contribution in [-0.2, 0) is 14.3 Å². The van der Waals surface area contributed by atoms with E-state index in [0.29, 0.717) is 37.8 Å². The number of carbonyl (C=O) groups is 2. The largest absolute Gasteiger partial charge is 0.494 e. The second-order valence-corrected chi connectivity index (χ2v) is 7.77. The van der Waals surface area contributed by atoms with Crippen molar-refractivity contribution in [1.29, 1.82) is 0 Å². The molecule has 8 nitrogen and oxygen atoms in total. The molecule has 8 heteroatoms. The molecule has 0 unspecified atom stereocenters. The maximum atomic E-state index is 12.5. The van der Waals surface area contributed by atoms with Crippen molar-refractivity contribution in [3.05, 3.63) is 54.1 Å². The fourth-order valence-electron chi connectivity index (χ4n) is 3.60. The lowest BCUT2D eigenvalue weighted by atomic mass is 10.0. The van der Waals surface area contributed by atoms with E-state index >= 15 is 0 Å². The van der Waals surface area contributed by atoms with E-state index < -0.39 is 11.8 Å². The summed E-state index contributed by atoms with van der Waals surface area (Å²) in [4.78, 5) is 29.2. The number of benzene rings is 2. The summed E-state index contributed by atoms with van der Waals surface area (Å²) in [5.41, 5.74) is 2.73. The second kappa shape index (κ2) is 11.5. The van der Waals surface area contributed by atoms with Crippen LogP contribution in [0.1, 0.15) is 18.5 Å². The number of carbonyl (C=O) groups excluding carboxylic acids is 2. The van der Waals surface area contributed by atoms with Gasteiger partial charge in [-0.2, -0.15) is 0 Å². The van der Waals surface area contributed by atoms with Crippen molar-refractivity contribution in [3.63, 3.8) is 0 Å². The number of nitrogens with zero attached hydrogens (tertiary/aromatic N) is 2. The first kappa shape index (κ1) is 23.6. The fraction of sp³-hybridized carbons (Fsp3) is 0.417. The van der Waals surface area contributed by atoms with Crippen LogP contribution < -0.4 is 20.3 Å². The summed E-state index contributed by atoms with van der Waals surface area (Å²) in [6, 6.07) is 15.1. The Morgan fingerprint density at radius 3 is 2.28 bits per heavy atom. The fourth-order valence-corrected chi connectivity index (χ4v) is 3.60. The molecule has 2 aromatic carbocycles. The third-order valence-electron chi connectivity index (χ3n) is 5.37. The number of nitrogens with one attached hydrogen (secondary N) is 2. The Kier molecular flexibility index (Phi) is 8.47. The quantitative estimate of drug-likeness (QED) is 0.613. The lowest BCUT2D eigenvalue weighted by molar-refractivity contribution is -0.136. The highest BCUT2D eigenvalue weighted by Crippen LogP contribution is 2.24. The maximum absolute atomic E-state index is 12.5. The molecule has 1 aliphatic rings. The van der Waals surface area contributed by atoms with Gasteiger partial charge in [0, 0.05) is 45.1 Å². The van der Waals surface area contributed by atoms with E-state index in [1.807, 2.05) is 25.9 Å². The molecule has 1 atom stereocenters. The molecule has 2 aromatic rings. The first-order chi connectivity index (χ1) is 15.5. The molecule has 1 fully saturated rings. The molecule has 2 N–H and O–H groups in total. The predicted octanol–water partition coefficient (Wildman–Crippen LogP) is 2.28. The van der Waals surface area contributed by atoms with Gasteiger partial charge in [-0.25, -0.2) is 0 Å². The highest BCUT2D eigenvalue weighted by Gasteiger charge is 2.24. The molecule has 0 spiro atoms. The number of rotatable bonds is 8. The topological polar surface area (TPSA) is 83.1 Å². The molecule has 0 saturated carbocycles. The summed E-state index contributed by atoms with van der Waals surface area (Å²) in [5, 5.41) is 5.43. The average molecular weight is 441 g/mol. The minimum atomic E-state index is -0.696. The number of morpholine rings is 1. The van der Waals surface area contributed by atoms with E-state index in [1.54, 1.807) is 24.3 Å². The van der Waals surface area contributed by atoms with Gasteiger partial charge in [-0.3, -0.25) is 14.5 Å². The second-order valence-electron chi connectivity index (χ2n) is 7.77. The lowest BCUT2D eigenvalue weighted by Gasteiger charge is -2.35. The zero-order chi connectivity index (χ0) is 22.9. The van der Waals surface area contributed by atoms with Crippen molar-refractivity contribution >= 4 is 23.2 Å². The average Bonchev–Trinajstić information content (AvgIpc) is 2.81. The monoisotopic (exact) mass is 440 g/mol. The molecule has 1 saturated heterocycles. The molecule has 0 bridgehead atoms. The van der Waals surface area contributed by atoms with E-state index in [9.17, 15) is 9.59 Å². The number of hydrogen-bond donors (Lipinski definition) is 2. The molecule has 1 aliphatic heterocycles. The zero-order valence-corrected chi connectivity index (χ0v) is 19.0. The van der Waals surface area contributed by atoms with Crippen LogP contribution in [0, 0.1) is 0 Å². The van der Waals surface area contributed by atoms with E-state index in [-0.39, 0.29) is 6.04 Å². The molecule has 172 valence electrons. The third-order valence-corrected chi connectivity index (χ3v) is 5.37. The van der Waals surface area contributed by atoms with E-state index in [4.69, 9.17) is 9.47 Å². The standard InChI is InChI=1S/C24H32N4O4/c1-4-32-21-11-7-19(8-12-21)26-24(30)23(29)25-17-22(28-13-15-31-16-14-28)18-5-9-20(10-6-18)27(2)3/h5-12,22H,4,13-17H2,1-3H3,(H,25,29)(H,26,30)/t22-/m1/s1. The van der Waals surface area contributed by atoms with Crippen molar-refractivity contribution in [2.45, 2.75) is 13.0 Å². The van der Waals surface area contributed by atoms with E-state index in [2.05, 4.69) is 39.8 Å². The van der Waals surface area contributed by atoms with E-state index in [1.165, 1.54) is 0 Å². The first-order valence-electron chi connectivity index (χ1n) is 10.9. The molecular weight excluding hydrogens is 408 g/mol. The van der Waals surface area contributed by atoms with E-state index in [0.717, 1.165) is 24.3 Å². The van der Waals surface area contributed by atoms with Crippen LogP contribution in [-0.4, -0.2) is 70.3 Å². The highest BCUT2D eigenvalue weighted by atomic mass is 16.5. The number of amides is 2. The third kappa shape index (κ3) is 6.45. The van der Waals surface area contributed by atoms with Crippen LogP contribution >= 0.6 is 0 Å². The van der Waals surface area contributed by atoms with Gasteiger partial charge in [0.05, 0.1) is 25.9 Å². The number of anilines is 2. The van der Waals surface area contributed by atoms with Crippen molar-refractivity contribution in [3.8, 4) is 5.75 Å². The van der Waals surface area contributed by atoms with Crippen molar-refractivity contribution in [1.82, 2.24) is 10.2 Å². The summed E-state index contributed by atoms with van der Waals surface area (Å²) in [5.74, 6) is -0.650. The van der Waals surface area contributed by atoms with Crippen LogP contribution in [0.3, 0.4) is 0 Å². The Bertz CT molecular complexity index is 878. The molecule has 1 heterocycles. The Morgan fingerprint density at radius 2 is 1.69 bits per heavy atom. The van der Waals surface area contributed by atoms with Gasteiger partial charge in [0.15, 0.2) is 0 Å². The zero-order valence-electron chi connectivity index (χ0n) is 19.0. The van der Waals surface area contributed by atoms with Gasteiger partial charge in [0.2, 0.25) is 0 Å². The Balaban J connectivity index is 1.62. The van der Waals surface area contributed by atoms with Gasteiger partial charge < -0.3 is 25.0 Å². The highest BCUT2D eigenvalue weighted by molar-refractivity contribution is 6.39. The summed E-state index contributed by atoms with van der Waals surface area (Å²) >= 11 is 0. The van der Waals surface area contributed by atoms with Gasteiger partial charge in [0.1, 0.15) is 5.75 Å². The van der Waals surface area contributed by atoms with Crippen LogP contribution in [0.25, 0.3) is 0 Å². The predicted molar refractivity (Wildman–Crippen MR) is 125 cm³/mol. The maximum Gasteiger partial charge on any atom is 0.313 e. The van der Waals surface area contributed by atoms with Crippen LogP contribution in [0.2, 0.25) is 0 Å². The molecule has 0 radical (unpaired) electrons. The number of ether oxygens (including phenoxy) is 2. The minimum Gasteiger partial charge on any atom is -0.494 e. The summed E-state index contributed by atoms with van der Waals surface area (Å²) in [6.45, 7) is 5.65. The first-order valence-corrected chi connectivity index (χ1v) is 10.9. The molecule has 0 aromatic heterocycles. The van der Waals surface area contributed by atoms with Crippen molar-refractivity contribution in [2.75, 3.05) is 63.8 Å². The number of hydrogen-bond acceptors (Lipinski definition) is 6. The molecular formula is C24H32N4O4. The normalized spacial score (nSPS) is 15.0. The smallest absolute Gasteiger partial charge is 0.313 e. The summed E-state index contributed by atoms with van der Waals surface area (Å²) in [7, 11) is 4.00. The van der Waals surface area contributed by atoms with Crippen molar-refractivity contribution < 1.29 is 19.1 Å². The van der Waals surface area contributed by atoms with Crippen LogP contribution in [0.15, 0.2) is 48.5 Å².